The summed E-state index contributed by atoms with van der Waals surface area (Å²) >= 11 is 0. The highest BCUT2D eigenvalue weighted by Crippen LogP contribution is 2.30. The maximum Gasteiger partial charge on any atom is 0.262 e. The number of nitriles is 1. The molecule has 1 aliphatic rings. The second-order valence-corrected chi connectivity index (χ2v) is 4.39. The largest absolute Gasteiger partial charge is 0.496 e. The van der Waals surface area contributed by atoms with Gasteiger partial charge in [-0.1, -0.05) is 6.07 Å². The van der Waals surface area contributed by atoms with Crippen molar-refractivity contribution in [3.05, 3.63) is 23.8 Å². The highest BCUT2D eigenvalue weighted by Gasteiger charge is 2.30. The monoisotopic (exact) mass is 275 g/mol. The van der Waals surface area contributed by atoms with Gasteiger partial charge in [0.25, 0.3) is 5.91 Å². The van der Waals surface area contributed by atoms with Crippen LogP contribution in [0.15, 0.2) is 18.2 Å². The van der Waals surface area contributed by atoms with Gasteiger partial charge in [0.1, 0.15) is 23.1 Å². The van der Waals surface area contributed by atoms with E-state index in [9.17, 15) is 4.79 Å². The van der Waals surface area contributed by atoms with Crippen molar-refractivity contribution < 1.29 is 14.3 Å². The van der Waals surface area contributed by atoms with Crippen LogP contribution in [0.25, 0.3) is 0 Å². The van der Waals surface area contributed by atoms with Crippen LogP contribution in [0.3, 0.4) is 0 Å². The van der Waals surface area contributed by atoms with Crippen LogP contribution in [0.4, 0.5) is 0 Å². The normalized spacial score (nSPS) is 18.2. The van der Waals surface area contributed by atoms with E-state index in [4.69, 9.17) is 14.7 Å². The highest BCUT2D eigenvalue weighted by molar-refractivity contribution is 6.00. The van der Waals surface area contributed by atoms with Gasteiger partial charge in [0.15, 0.2) is 0 Å². The average molecular weight is 275 g/mol. The van der Waals surface area contributed by atoms with E-state index < -0.39 is 6.04 Å². The number of amides is 1. The molecule has 6 nitrogen and oxygen atoms in total. The molecule has 0 aromatic heterocycles. The molecule has 1 amide bonds. The zero-order valence-corrected chi connectivity index (χ0v) is 11.5. The van der Waals surface area contributed by atoms with E-state index in [1.165, 1.54) is 14.2 Å². The first kappa shape index (κ1) is 14.2. The zero-order valence-electron chi connectivity index (χ0n) is 11.5. The third kappa shape index (κ3) is 2.53. The molecule has 1 N–H and O–H groups in total. The van der Waals surface area contributed by atoms with E-state index in [0.717, 1.165) is 0 Å². The maximum atomic E-state index is 12.7. The second kappa shape index (κ2) is 6.26. The quantitative estimate of drug-likeness (QED) is 0.876. The number of nitrogens with zero attached hydrogens (tertiary/aromatic N) is 2. The van der Waals surface area contributed by atoms with Crippen molar-refractivity contribution >= 4 is 5.91 Å². The van der Waals surface area contributed by atoms with E-state index >= 15 is 0 Å². The molecule has 1 aromatic rings. The van der Waals surface area contributed by atoms with Gasteiger partial charge < -0.3 is 19.7 Å². The Morgan fingerprint density at radius 2 is 2.05 bits per heavy atom. The maximum absolute atomic E-state index is 12.7. The molecule has 0 radical (unpaired) electrons. The summed E-state index contributed by atoms with van der Waals surface area (Å²) in [6, 6.07) is 6.83. The lowest BCUT2D eigenvalue weighted by atomic mass is 10.1. The minimum atomic E-state index is -0.481. The predicted octanol–water partition coefficient (Wildman–Crippen LogP) is 0.641. The van der Waals surface area contributed by atoms with E-state index in [1.54, 1.807) is 23.1 Å². The van der Waals surface area contributed by atoms with E-state index in [0.29, 0.717) is 36.7 Å². The Morgan fingerprint density at radius 1 is 1.40 bits per heavy atom. The Hall–Kier alpha value is -2.26. The number of benzene rings is 1. The van der Waals surface area contributed by atoms with Crippen LogP contribution in [-0.4, -0.2) is 50.7 Å². The molecule has 1 saturated heterocycles. The number of carbonyl (C=O) groups excluding carboxylic acids is 1. The number of ether oxygens (including phenoxy) is 2. The van der Waals surface area contributed by atoms with Crippen molar-refractivity contribution in [2.24, 2.45) is 0 Å². The molecule has 0 bridgehead atoms. The number of piperazine rings is 1. The standard InChI is InChI=1S/C14H17N3O3/c1-19-11-4-3-5-12(20-2)13(11)14(18)17-7-6-16-9-10(17)8-15/h3-5,10,16H,6-7,9H2,1-2H3. The molecule has 0 spiro atoms. The Morgan fingerprint density at radius 3 is 2.60 bits per heavy atom. The average Bonchev–Trinajstić information content (AvgIpc) is 2.53. The minimum absolute atomic E-state index is 0.243. The fourth-order valence-corrected chi connectivity index (χ4v) is 2.27. The number of nitrogens with one attached hydrogen (secondary N) is 1. The molecular weight excluding hydrogens is 258 g/mol. The van der Waals surface area contributed by atoms with Crippen LogP contribution in [-0.2, 0) is 0 Å². The third-order valence-electron chi connectivity index (χ3n) is 3.29. The van der Waals surface area contributed by atoms with Gasteiger partial charge >= 0.3 is 0 Å². The molecule has 0 aliphatic carbocycles. The Labute approximate surface area is 117 Å². The molecule has 6 heteroatoms. The van der Waals surface area contributed by atoms with Gasteiger partial charge in [-0.15, -0.1) is 0 Å². The van der Waals surface area contributed by atoms with Gasteiger partial charge in [0.2, 0.25) is 0 Å². The van der Waals surface area contributed by atoms with Crippen molar-refractivity contribution in [1.82, 2.24) is 10.2 Å². The Bertz CT molecular complexity index is 517. The molecule has 106 valence electrons. The smallest absolute Gasteiger partial charge is 0.262 e. The first-order valence-electron chi connectivity index (χ1n) is 6.35. The molecule has 1 unspecified atom stereocenters. The molecule has 1 heterocycles. The Balaban J connectivity index is 2.39. The van der Waals surface area contributed by atoms with Gasteiger partial charge in [-0.3, -0.25) is 4.79 Å². The molecule has 2 rings (SSSR count). The Kier molecular flexibility index (Phi) is 4.43. The number of rotatable bonds is 3. The van der Waals surface area contributed by atoms with Crippen molar-refractivity contribution in [2.75, 3.05) is 33.9 Å². The summed E-state index contributed by atoms with van der Waals surface area (Å²) < 4.78 is 10.5. The molecule has 1 aromatic carbocycles. The summed E-state index contributed by atoms with van der Waals surface area (Å²) in [6.07, 6.45) is 0. The van der Waals surface area contributed by atoms with Crippen LogP contribution < -0.4 is 14.8 Å². The number of hydrogen-bond acceptors (Lipinski definition) is 5. The van der Waals surface area contributed by atoms with Crippen LogP contribution >= 0.6 is 0 Å². The van der Waals surface area contributed by atoms with Crippen LogP contribution in [0, 0.1) is 11.3 Å². The van der Waals surface area contributed by atoms with Crippen molar-refractivity contribution in [3.63, 3.8) is 0 Å². The highest BCUT2D eigenvalue weighted by atomic mass is 16.5. The third-order valence-corrected chi connectivity index (χ3v) is 3.29. The fraction of sp³-hybridized carbons (Fsp3) is 0.429. The number of carbonyl (C=O) groups is 1. The zero-order chi connectivity index (χ0) is 14.5. The summed E-state index contributed by atoms with van der Waals surface area (Å²) in [6.45, 7) is 1.62. The van der Waals surface area contributed by atoms with Gasteiger partial charge in [-0.25, -0.2) is 0 Å². The minimum Gasteiger partial charge on any atom is -0.496 e. The van der Waals surface area contributed by atoms with Crippen molar-refractivity contribution in [2.45, 2.75) is 6.04 Å². The predicted molar refractivity (Wildman–Crippen MR) is 72.9 cm³/mol. The van der Waals surface area contributed by atoms with Crippen LogP contribution in [0.2, 0.25) is 0 Å². The summed E-state index contributed by atoms with van der Waals surface area (Å²) in [5, 5.41) is 12.3. The molecule has 1 fully saturated rings. The molecule has 1 atom stereocenters. The summed E-state index contributed by atoms with van der Waals surface area (Å²) in [7, 11) is 3.01. The van der Waals surface area contributed by atoms with Crippen molar-refractivity contribution in [1.29, 1.82) is 5.26 Å². The van der Waals surface area contributed by atoms with Crippen LogP contribution in [0.5, 0.6) is 11.5 Å². The summed E-state index contributed by atoms with van der Waals surface area (Å²) in [5.41, 5.74) is 0.361. The van der Waals surface area contributed by atoms with Gasteiger partial charge in [0.05, 0.1) is 20.3 Å². The second-order valence-electron chi connectivity index (χ2n) is 4.39. The first-order valence-corrected chi connectivity index (χ1v) is 6.35. The molecule has 1 aliphatic heterocycles. The number of methoxy groups -OCH3 is 2. The summed E-state index contributed by atoms with van der Waals surface area (Å²) in [4.78, 5) is 14.3. The fourth-order valence-electron chi connectivity index (χ4n) is 2.27. The van der Waals surface area contributed by atoms with E-state index in [-0.39, 0.29) is 5.91 Å². The first-order chi connectivity index (χ1) is 9.72. The molecule has 20 heavy (non-hydrogen) atoms. The molecular formula is C14H17N3O3. The van der Waals surface area contributed by atoms with Gasteiger partial charge in [-0.05, 0) is 12.1 Å². The van der Waals surface area contributed by atoms with E-state index in [2.05, 4.69) is 11.4 Å². The lowest BCUT2D eigenvalue weighted by molar-refractivity contribution is 0.0680. The van der Waals surface area contributed by atoms with Gasteiger partial charge in [0, 0.05) is 19.6 Å². The van der Waals surface area contributed by atoms with Gasteiger partial charge in [-0.2, -0.15) is 5.26 Å². The topological polar surface area (TPSA) is 74.6 Å². The lowest BCUT2D eigenvalue weighted by Crippen LogP contribution is -2.53. The molecule has 0 saturated carbocycles. The lowest BCUT2D eigenvalue weighted by Gasteiger charge is -2.32. The van der Waals surface area contributed by atoms with Crippen molar-refractivity contribution in [3.8, 4) is 17.6 Å². The number of hydrogen-bond donors (Lipinski definition) is 1. The SMILES string of the molecule is COc1cccc(OC)c1C(=O)N1CCNCC1C#N. The van der Waals surface area contributed by atoms with E-state index in [1.807, 2.05) is 0 Å². The summed E-state index contributed by atoms with van der Waals surface area (Å²) in [5.74, 6) is 0.654. The van der Waals surface area contributed by atoms with Crippen LogP contribution in [0.1, 0.15) is 10.4 Å².